The minimum absolute atomic E-state index is 0.347. The van der Waals surface area contributed by atoms with E-state index >= 15 is 0 Å². The molecule has 0 radical (unpaired) electrons. The summed E-state index contributed by atoms with van der Waals surface area (Å²) in [5.41, 5.74) is -0.347. The smallest absolute Gasteiger partial charge is 0.0805 e. The van der Waals surface area contributed by atoms with Crippen LogP contribution in [-0.2, 0) is 0 Å². The molecule has 0 aromatic heterocycles. The highest BCUT2D eigenvalue weighted by Gasteiger charge is 2.46. The van der Waals surface area contributed by atoms with Crippen molar-refractivity contribution >= 4 is 0 Å². The molecule has 0 bridgehead atoms. The summed E-state index contributed by atoms with van der Waals surface area (Å²) in [6, 6.07) is 0.391. The molecule has 0 aromatic carbocycles. The second-order valence-corrected chi connectivity index (χ2v) is 4.62. The lowest BCUT2D eigenvalue weighted by Crippen LogP contribution is -2.59. The maximum absolute atomic E-state index is 10.1. The van der Waals surface area contributed by atoms with Gasteiger partial charge in [-0.2, -0.15) is 0 Å². The second kappa shape index (κ2) is 3.00. The van der Waals surface area contributed by atoms with Crippen LogP contribution in [0, 0.1) is 5.92 Å². The predicted octanol–water partition coefficient (Wildman–Crippen LogP) is 1.29. The van der Waals surface area contributed by atoms with Gasteiger partial charge in [0.2, 0.25) is 0 Å². The summed E-state index contributed by atoms with van der Waals surface area (Å²) in [5.74, 6) is 0.735. The summed E-state index contributed by atoms with van der Waals surface area (Å²) in [7, 11) is 0. The van der Waals surface area contributed by atoms with Gasteiger partial charge in [-0.1, -0.05) is 13.3 Å². The Bertz CT molecular complexity index is 157. The van der Waals surface area contributed by atoms with Gasteiger partial charge in [0.1, 0.15) is 0 Å². The Labute approximate surface area is 74.4 Å². The molecule has 1 saturated carbocycles. The normalized spacial score (nSPS) is 48.5. The van der Waals surface area contributed by atoms with Crippen molar-refractivity contribution in [3.8, 4) is 0 Å². The predicted molar refractivity (Wildman–Crippen MR) is 49.0 cm³/mol. The Morgan fingerprint density at radius 1 is 1.33 bits per heavy atom. The first-order chi connectivity index (χ1) is 5.71. The fourth-order valence-electron chi connectivity index (χ4n) is 2.74. The number of nitrogens with one attached hydrogen (secondary N) is 1. The van der Waals surface area contributed by atoms with Gasteiger partial charge in [-0.25, -0.2) is 0 Å². The van der Waals surface area contributed by atoms with Gasteiger partial charge in [0.15, 0.2) is 0 Å². The molecule has 1 atom stereocenters. The van der Waals surface area contributed by atoms with Crippen molar-refractivity contribution in [2.24, 2.45) is 5.92 Å². The van der Waals surface area contributed by atoms with Gasteiger partial charge >= 0.3 is 0 Å². The third-order valence-electron chi connectivity index (χ3n) is 3.36. The maximum atomic E-state index is 10.1. The standard InChI is InChI=1S/C10H19NO/c1-8-6-10(12,7-8)9-4-2-3-5-11-9/h8-9,11-12H,2-7H2,1H3. The number of hydrogen-bond acceptors (Lipinski definition) is 2. The van der Waals surface area contributed by atoms with Gasteiger partial charge in [-0.05, 0) is 38.1 Å². The first-order valence-electron chi connectivity index (χ1n) is 5.16. The van der Waals surface area contributed by atoms with Crippen molar-refractivity contribution in [3.05, 3.63) is 0 Å². The lowest BCUT2D eigenvalue weighted by atomic mass is 9.66. The minimum atomic E-state index is -0.347. The number of hydrogen-bond donors (Lipinski definition) is 2. The molecule has 2 fully saturated rings. The molecule has 0 spiro atoms. The molecule has 1 aliphatic heterocycles. The molecular formula is C10H19NO. The number of piperidine rings is 1. The Hall–Kier alpha value is -0.0800. The molecule has 1 heterocycles. The molecular weight excluding hydrogens is 150 g/mol. The molecule has 2 aliphatic rings. The van der Waals surface area contributed by atoms with Gasteiger partial charge in [0, 0.05) is 6.04 Å². The number of aliphatic hydroxyl groups is 1. The highest BCUT2D eigenvalue weighted by atomic mass is 16.3. The summed E-state index contributed by atoms with van der Waals surface area (Å²) in [4.78, 5) is 0. The summed E-state index contributed by atoms with van der Waals surface area (Å²) in [6.45, 7) is 3.32. The van der Waals surface area contributed by atoms with E-state index in [0.29, 0.717) is 6.04 Å². The average Bonchev–Trinajstić information content (AvgIpc) is 2.04. The van der Waals surface area contributed by atoms with Crippen LogP contribution in [0.3, 0.4) is 0 Å². The average molecular weight is 169 g/mol. The third kappa shape index (κ3) is 1.38. The van der Waals surface area contributed by atoms with Crippen molar-refractivity contribution in [2.75, 3.05) is 6.54 Å². The fourth-order valence-corrected chi connectivity index (χ4v) is 2.74. The van der Waals surface area contributed by atoms with Crippen molar-refractivity contribution in [1.82, 2.24) is 5.32 Å². The van der Waals surface area contributed by atoms with Crippen molar-refractivity contribution in [1.29, 1.82) is 0 Å². The van der Waals surface area contributed by atoms with Crippen LogP contribution in [0.25, 0.3) is 0 Å². The molecule has 2 nitrogen and oxygen atoms in total. The highest BCUT2D eigenvalue weighted by Crippen LogP contribution is 2.41. The van der Waals surface area contributed by atoms with Crippen LogP contribution in [0.5, 0.6) is 0 Å². The highest BCUT2D eigenvalue weighted by molar-refractivity contribution is 5.01. The zero-order valence-corrected chi connectivity index (χ0v) is 7.84. The van der Waals surface area contributed by atoms with Gasteiger partial charge in [0.05, 0.1) is 5.60 Å². The lowest BCUT2D eigenvalue weighted by Gasteiger charge is -2.49. The van der Waals surface area contributed by atoms with Crippen LogP contribution in [0.2, 0.25) is 0 Å². The van der Waals surface area contributed by atoms with Gasteiger partial charge in [0.25, 0.3) is 0 Å². The summed E-state index contributed by atoms with van der Waals surface area (Å²) in [6.07, 6.45) is 5.75. The molecule has 12 heavy (non-hydrogen) atoms. The van der Waals surface area contributed by atoms with Crippen LogP contribution in [-0.4, -0.2) is 23.3 Å². The molecule has 0 aromatic rings. The molecule has 0 amide bonds. The van der Waals surface area contributed by atoms with E-state index in [1.54, 1.807) is 0 Å². The topological polar surface area (TPSA) is 32.3 Å². The largest absolute Gasteiger partial charge is 0.388 e. The molecule has 1 saturated heterocycles. The van der Waals surface area contributed by atoms with Crippen molar-refractivity contribution in [3.63, 3.8) is 0 Å². The Morgan fingerprint density at radius 3 is 2.58 bits per heavy atom. The van der Waals surface area contributed by atoms with Crippen LogP contribution in [0.15, 0.2) is 0 Å². The summed E-state index contributed by atoms with van der Waals surface area (Å²) < 4.78 is 0. The summed E-state index contributed by atoms with van der Waals surface area (Å²) >= 11 is 0. The first-order valence-corrected chi connectivity index (χ1v) is 5.16. The SMILES string of the molecule is CC1CC(O)(C2CCCCN2)C1. The minimum Gasteiger partial charge on any atom is -0.388 e. The monoisotopic (exact) mass is 169 g/mol. The fraction of sp³-hybridized carbons (Fsp3) is 1.00. The number of rotatable bonds is 1. The van der Waals surface area contributed by atoms with E-state index < -0.39 is 0 Å². The zero-order chi connectivity index (χ0) is 8.60. The molecule has 2 N–H and O–H groups in total. The van der Waals surface area contributed by atoms with E-state index in [2.05, 4.69) is 12.2 Å². The van der Waals surface area contributed by atoms with E-state index in [9.17, 15) is 5.11 Å². The first kappa shape index (κ1) is 8.52. The van der Waals surface area contributed by atoms with Gasteiger partial charge < -0.3 is 10.4 Å². The molecule has 70 valence electrons. The van der Waals surface area contributed by atoms with Gasteiger partial charge in [-0.3, -0.25) is 0 Å². The third-order valence-corrected chi connectivity index (χ3v) is 3.36. The Kier molecular flexibility index (Phi) is 2.13. The van der Waals surface area contributed by atoms with Gasteiger partial charge in [-0.15, -0.1) is 0 Å². The quantitative estimate of drug-likeness (QED) is 0.620. The Balaban J connectivity index is 1.90. The maximum Gasteiger partial charge on any atom is 0.0805 e. The summed E-state index contributed by atoms with van der Waals surface area (Å²) in [5, 5.41) is 13.6. The van der Waals surface area contributed by atoms with Crippen LogP contribution in [0.4, 0.5) is 0 Å². The second-order valence-electron chi connectivity index (χ2n) is 4.62. The van der Waals surface area contributed by atoms with E-state index in [1.807, 2.05) is 0 Å². The van der Waals surface area contributed by atoms with Crippen LogP contribution < -0.4 is 5.32 Å². The molecule has 2 rings (SSSR count). The lowest BCUT2D eigenvalue weighted by molar-refractivity contribution is -0.100. The zero-order valence-electron chi connectivity index (χ0n) is 7.84. The van der Waals surface area contributed by atoms with E-state index in [0.717, 1.165) is 25.3 Å². The van der Waals surface area contributed by atoms with Crippen LogP contribution in [0.1, 0.15) is 39.0 Å². The van der Waals surface area contributed by atoms with Crippen molar-refractivity contribution < 1.29 is 5.11 Å². The van der Waals surface area contributed by atoms with E-state index in [-0.39, 0.29) is 5.60 Å². The molecule has 1 aliphatic carbocycles. The molecule has 2 heteroatoms. The van der Waals surface area contributed by atoms with Crippen molar-refractivity contribution in [2.45, 2.75) is 50.7 Å². The Morgan fingerprint density at radius 2 is 2.08 bits per heavy atom. The van der Waals surface area contributed by atoms with Crippen LogP contribution >= 0.6 is 0 Å². The molecule has 1 unspecified atom stereocenters. The van der Waals surface area contributed by atoms with E-state index in [1.165, 1.54) is 19.3 Å². The van der Waals surface area contributed by atoms with E-state index in [4.69, 9.17) is 0 Å².